The molecule has 2 N–H and O–H groups in total. The molecule has 0 heterocycles. The molecule has 25 heavy (non-hydrogen) atoms. The number of benzene rings is 2. The molecule has 0 aromatic heterocycles. The second-order valence-corrected chi connectivity index (χ2v) is 5.82. The largest absolute Gasteiger partial charge is 0.452 e. The Morgan fingerprint density at radius 1 is 1.16 bits per heavy atom. The third-order valence-electron chi connectivity index (χ3n) is 3.12. The molecule has 2 rings (SSSR count). The van der Waals surface area contributed by atoms with Crippen LogP contribution in [0.4, 0.5) is 10.1 Å². The van der Waals surface area contributed by atoms with Gasteiger partial charge in [-0.2, -0.15) is 0 Å². The minimum Gasteiger partial charge on any atom is -0.452 e. The number of carbonyl (C=O) groups excluding carboxylic acids is 3. The van der Waals surface area contributed by atoms with Gasteiger partial charge in [0.15, 0.2) is 6.61 Å². The van der Waals surface area contributed by atoms with Gasteiger partial charge in [-0.25, -0.2) is 9.18 Å². The normalized spacial score (nSPS) is 10.0. The van der Waals surface area contributed by atoms with Gasteiger partial charge in [0, 0.05) is 22.8 Å². The van der Waals surface area contributed by atoms with Crippen molar-refractivity contribution in [3.8, 4) is 0 Å². The Morgan fingerprint density at radius 3 is 2.60 bits per heavy atom. The summed E-state index contributed by atoms with van der Waals surface area (Å²) in [5.74, 6) is -2.61. The molecule has 0 saturated carbocycles. The molecule has 0 radical (unpaired) electrons. The molecule has 2 amide bonds. The molecule has 6 nitrogen and oxygen atoms in total. The van der Waals surface area contributed by atoms with Crippen molar-refractivity contribution in [2.24, 2.45) is 0 Å². The van der Waals surface area contributed by atoms with Crippen LogP contribution in [0.2, 0.25) is 0 Å². The Balaban J connectivity index is 1.94. The Bertz CT molecular complexity index is 826. The smallest absolute Gasteiger partial charge is 0.341 e. The van der Waals surface area contributed by atoms with E-state index in [0.717, 1.165) is 6.07 Å². The molecule has 0 aliphatic carbocycles. The number of esters is 1. The highest BCUT2D eigenvalue weighted by atomic mass is 79.9. The predicted octanol–water partition coefficient (Wildman–Crippen LogP) is 2.74. The highest BCUT2D eigenvalue weighted by molar-refractivity contribution is 9.10. The highest BCUT2D eigenvalue weighted by Crippen LogP contribution is 2.16. The lowest BCUT2D eigenvalue weighted by atomic mass is 10.2. The first kappa shape index (κ1) is 18.6. The van der Waals surface area contributed by atoms with Gasteiger partial charge >= 0.3 is 5.97 Å². The Kier molecular flexibility index (Phi) is 6.24. The second-order valence-electron chi connectivity index (χ2n) is 4.91. The van der Waals surface area contributed by atoms with Crippen molar-refractivity contribution in [3.05, 3.63) is 63.9 Å². The lowest BCUT2D eigenvalue weighted by molar-refractivity contribution is -0.119. The summed E-state index contributed by atoms with van der Waals surface area (Å²) in [6, 6.07) is 10.1. The molecule has 0 aliphatic heterocycles. The van der Waals surface area contributed by atoms with Gasteiger partial charge in [0.05, 0.1) is 5.56 Å². The number of hydrogen-bond donors (Lipinski definition) is 2. The van der Waals surface area contributed by atoms with Gasteiger partial charge in [-0.1, -0.05) is 22.0 Å². The van der Waals surface area contributed by atoms with E-state index in [1.165, 1.54) is 25.2 Å². The number of anilines is 1. The molecule has 0 aliphatic rings. The van der Waals surface area contributed by atoms with Gasteiger partial charge in [0.25, 0.3) is 11.8 Å². The average Bonchev–Trinajstić information content (AvgIpc) is 2.59. The summed E-state index contributed by atoms with van der Waals surface area (Å²) in [5, 5.41) is 4.96. The number of amides is 2. The van der Waals surface area contributed by atoms with Gasteiger partial charge in [0.2, 0.25) is 0 Å². The molecule has 0 fully saturated rings. The van der Waals surface area contributed by atoms with Crippen LogP contribution in [0.25, 0.3) is 0 Å². The van der Waals surface area contributed by atoms with Crippen LogP contribution < -0.4 is 10.6 Å². The van der Waals surface area contributed by atoms with E-state index in [4.69, 9.17) is 4.74 Å². The summed E-state index contributed by atoms with van der Waals surface area (Å²) in [7, 11) is 1.49. The van der Waals surface area contributed by atoms with Crippen LogP contribution in [0.5, 0.6) is 0 Å². The maximum absolute atomic E-state index is 13.7. The fourth-order valence-electron chi connectivity index (χ4n) is 1.94. The van der Waals surface area contributed by atoms with Gasteiger partial charge in [-0.15, -0.1) is 0 Å². The van der Waals surface area contributed by atoms with Gasteiger partial charge in [-0.3, -0.25) is 9.59 Å². The number of carbonyl (C=O) groups is 3. The molecule has 2 aromatic rings. The molecular weight excluding hydrogens is 395 g/mol. The first-order valence-electron chi connectivity index (χ1n) is 7.15. The topological polar surface area (TPSA) is 84.5 Å². The zero-order valence-electron chi connectivity index (χ0n) is 13.1. The van der Waals surface area contributed by atoms with Crippen LogP contribution in [-0.2, 0) is 9.53 Å². The standard InChI is InChI=1S/C17H14BrFN2O4/c1-20-16(23)10-3-2-4-12(7-10)21-15(22)9-25-17(24)13-6-5-11(18)8-14(13)19/h2-8H,9H2,1H3,(H,20,23)(H,21,22). The van der Waals surface area contributed by atoms with E-state index in [2.05, 4.69) is 26.6 Å². The van der Waals surface area contributed by atoms with Crippen LogP contribution >= 0.6 is 15.9 Å². The van der Waals surface area contributed by atoms with Crippen LogP contribution in [0, 0.1) is 5.82 Å². The Labute approximate surface area is 151 Å². The summed E-state index contributed by atoms with van der Waals surface area (Å²) < 4.78 is 18.9. The van der Waals surface area contributed by atoms with E-state index >= 15 is 0 Å². The molecule has 0 unspecified atom stereocenters. The summed E-state index contributed by atoms with van der Waals surface area (Å²) in [6.07, 6.45) is 0. The number of nitrogens with one attached hydrogen (secondary N) is 2. The van der Waals surface area contributed by atoms with Gasteiger partial charge in [-0.05, 0) is 36.4 Å². The van der Waals surface area contributed by atoms with Crippen molar-refractivity contribution in [1.82, 2.24) is 5.32 Å². The van der Waals surface area contributed by atoms with Crippen LogP contribution in [0.3, 0.4) is 0 Å². The van der Waals surface area contributed by atoms with E-state index in [-0.39, 0.29) is 11.5 Å². The summed E-state index contributed by atoms with van der Waals surface area (Å²) >= 11 is 3.08. The van der Waals surface area contributed by atoms with E-state index in [1.807, 2.05) is 0 Å². The molecule has 0 atom stereocenters. The quantitative estimate of drug-likeness (QED) is 0.744. The number of hydrogen-bond acceptors (Lipinski definition) is 4. The molecule has 130 valence electrons. The van der Waals surface area contributed by atoms with Crippen molar-refractivity contribution >= 4 is 39.4 Å². The maximum Gasteiger partial charge on any atom is 0.341 e. The van der Waals surface area contributed by atoms with Gasteiger partial charge in [0.1, 0.15) is 5.82 Å². The first-order valence-corrected chi connectivity index (χ1v) is 7.94. The lowest BCUT2D eigenvalue weighted by Crippen LogP contribution is -2.22. The zero-order chi connectivity index (χ0) is 18.4. The fourth-order valence-corrected chi connectivity index (χ4v) is 2.28. The summed E-state index contributed by atoms with van der Waals surface area (Å²) in [4.78, 5) is 35.2. The monoisotopic (exact) mass is 408 g/mol. The molecule has 2 aromatic carbocycles. The summed E-state index contributed by atoms with van der Waals surface area (Å²) in [6.45, 7) is -0.585. The van der Waals surface area contributed by atoms with E-state index in [1.54, 1.807) is 18.2 Å². The zero-order valence-corrected chi connectivity index (χ0v) is 14.7. The van der Waals surface area contributed by atoms with Crippen LogP contribution in [0.15, 0.2) is 46.9 Å². The molecule has 0 spiro atoms. The molecule has 0 saturated heterocycles. The minimum atomic E-state index is -0.945. The van der Waals surface area contributed by atoms with Crippen molar-refractivity contribution < 1.29 is 23.5 Å². The lowest BCUT2D eigenvalue weighted by Gasteiger charge is -2.08. The van der Waals surface area contributed by atoms with Crippen molar-refractivity contribution in [2.75, 3.05) is 19.0 Å². The molecule has 8 heteroatoms. The van der Waals surface area contributed by atoms with E-state index < -0.39 is 24.3 Å². The molecular formula is C17H14BrFN2O4. The van der Waals surface area contributed by atoms with Gasteiger partial charge < -0.3 is 15.4 Å². The third-order valence-corrected chi connectivity index (χ3v) is 3.61. The second kappa shape index (κ2) is 8.39. The van der Waals surface area contributed by atoms with Crippen LogP contribution in [-0.4, -0.2) is 31.4 Å². The SMILES string of the molecule is CNC(=O)c1cccc(NC(=O)COC(=O)c2ccc(Br)cc2F)c1. The van der Waals surface area contributed by atoms with E-state index in [9.17, 15) is 18.8 Å². The summed E-state index contributed by atoms with van der Waals surface area (Å²) in [5.41, 5.74) is 0.476. The van der Waals surface area contributed by atoms with Crippen molar-refractivity contribution in [1.29, 1.82) is 0 Å². The first-order chi connectivity index (χ1) is 11.9. The Hall–Kier alpha value is -2.74. The number of ether oxygens (including phenoxy) is 1. The van der Waals surface area contributed by atoms with Crippen molar-refractivity contribution in [3.63, 3.8) is 0 Å². The molecule has 0 bridgehead atoms. The maximum atomic E-state index is 13.7. The number of rotatable bonds is 5. The highest BCUT2D eigenvalue weighted by Gasteiger charge is 2.15. The Morgan fingerprint density at radius 2 is 1.92 bits per heavy atom. The fraction of sp³-hybridized carbons (Fsp3) is 0.118. The van der Waals surface area contributed by atoms with E-state index in [0.29, 0.717) is 15.7 Å². The predicted molar refractivity (Wildman–Crippen MR) is 92.8 cm³/mol. The number of halogens is 2. The third kappa shape index (κ3) is 5.12. The van der Waals surface area contributed by atoms with Crippen LogP contribution in [0.1, 0.15) is 20.7 Å². The minimum absolute atomic E-state index is 0.266. The van der Waals surface area contributed by atoms with Crippen molar-refractivity contribution in [2.45, 2.75) is 0 Å². The average molecular weight is 409 g/mol.